The topological polar surface area (TPSA) is 46.9 Å². The Morgan fingerprint density at radius 3 is 3.10 bits per heavy atom. The molecule has 0 unspecified atom stereocenters. The minimum atomic E-state index is -0.00283. The molecule has 4 nitrogen and oxygen atoms in total. The maximum atomic E-state index is 12.0. The highest BCUT2D eigenvalue weighted by Gasteiger charge is 2.15. The minimum Gasteiger partial charge on any atom is -0.352 e. The average Bonchev–Trinajstić information content (AvgIpc) is 2.65. The lowest BCUT2D eigenvalue weighted by Gasteiger charge is -2.05. The zero-order valence-corrected chi connectivity index (χ0v) is 12.0. The van der Waals surface area contributed by atoms with E-state index in [0.29, 0.717) is 5.56 Å². The van der Waals surface area contributed by atoms with E-state index in [4.69, 9.17) is 4.98 Å². The number of carbonyl (C=O) groups excluding carboxylic acids is 1. The van der Waals surface area contributed by atoms with E-state index in [1.807, 2.05) is 18.2 Å². The van der Waals surface area contributed by atoms with Gasteiger partial charge >= 0.3 is 0 Å². The minimum absolute atomic E-state index is 0.00283. The van der Waals surface area contributed by atoms with E-state index >= 15 is 0 Å². The summed E-state index contributed by atoms with van der Waals surface area (Å²) in [5.41, 5.74) is 2.82. The van der Waals surface area contributed by atoms with Crippen molar-refractivity contribution in [1.29, 1.82) is 0 Å². The Morgan fingerprint density at radius 1 is 1.35 bits per heavy atom. The van der Waals surface area contributed by atoms with Crippen molar-refractivity contribution in [3.8, 4) is 0 Å². The second-order valence-corrected chi connectivity index (χ2v) is 5.45. The summed E-state index contributed by atoms with van der Waals surface area (Å²) in [6, 6.07) is 5.87. The van der Waals surface area contributed by atoms with Crippen LogP contribution in [0.4, 0.5) is 0 Å². The van der Waals surface area contributed by atoms with E-state index in [2.05, 4.69) is 16.8 Å². The van der Waals surface area contributed by atoms with Crippen LogP contribution < -0.4 is 5.32 Å². The Bertz CT molecular complexity index is 630. The van der Waals surface area contributed by atoms with Crippen molar-refractivity contribution < 1.29 is 4.79 Å². The molecule has 0 atom stereocenters. The smallest absolute Gasteiger partial charge is 0.251 e. The van der Waals surface area contributed by atoms with Crippen LogP contribution in [0.15, 0.2) is 18.2 Å². The van der Waals surface area contributed by atoms with Gasteiger partial charge in [0.15, 0.2) is 0 Å². The lowest BCUT2D eigenvalue weighted by molar-refractivity contribution is 0.0954. The van der Waals surface area contributed by atoms with Gasteiger partial charge in [-0.2, -0.15) is 0 Å². The zero-order valence-electron chi connectivity index (χ0n) is 12.0. The number of hydrogen-bond acceptors (Lipinski definition) is 2. The molecule has 1 aliphatic heterocycles. The monoisotopic (exact) mass is 271 g/mol. The van der Waals surface area contributed by atoms with Crippen LogP contribution in [0.3, 0.4) is 0 Å². The fraction of sp³-hybridized carbons (Fsp3) is 0.500. The summed E-state index contributed by atoms with van der Waals surface area (Å²) in [5.74, 6) is 1.17. The van der Waals surface area contributed by atoms with Gasteiger partial charge in [0.1, 0.15) is 5.82 Å². The molecule has 1 aromatic heterocycles. The number of aromatic nitrogens is 2. The SMILES string of the molecule is CCCNC(=O)c1ccc2c(c1)nc1n2CCCCC1. The molecule has 4 heteroatoms. The lowest BCUT2D eigenvalue weighted by Crippen LogP contribution is -2.23. The Morgan fingerprint density at radius 2 is 2.25 bits per heavy atom. The van der Waals surface area contributed by atoms with Gasteiger partial charge in [0.25, 0.3) is 5.91 Å². The number of nitrogens with one attached hydrogen (secondary N) is 1. The number of carbonyl (C=O) groups is 1. The van der Waals surface area contributed by atoms with Gasteiger partial charge in [0.2, 0.25) is 0 Å². The molecule has 1 aromatic carbocycles. The first-order chi connectivity index (χ1) is 9.79. The average molecular weight is 271 g/mol. The molecule has 2 heterocycles. The fourth-order valence-electron chi connectivity index (χ4n) is 2.83. The molecule has 0 saturated heterocycles. The van der Waals surface area contributed by atoms with Crippen LogP contribution in [0.5, 0.6) is 0 Å². The highest BCUT2D eigenvalue weighted by atomic mass is 16.1. The van der Waals surface area contributed by atoms with Crippen LogP contribution in [-0.4, -0.2) is 22.0 Å². The Balaban J connectivity index is 1.94. The summed E-state index contributed by atoms with van der Waals surface area (Å²) in [5, 5.41) is 2.91. The number of benzene rings is 1. The van der Waals surface area contributed by atoms with Crippen molar-refractivity contribution in [2.24, 2.45) is 0 Å². The van der Waals surface area contributed by atoms with Gasteiger partial charge in [-0.3, -0.25) is 4.79 Å². The first kappa shape index (κ1) is 13.2. The quantitative estimate of drug-likeness (QED) is 0.933. The second kappa shape index (κ2) is 5.65. The molecule has 0 bridgehead atoms. The number of amides is 1. The summed E-state index contributed by atoms with van der Waals surface area (Å²) in [7, 11) is 0. The molecule has 0 fully saturated rings. The van der Waals surface area contributed by atoms with Crippen LogP contribution >= 0.6 is 0 Å². The van der Waals surface area contributed by atoms with Gasteiger partial charge in [0, 0.05) is 25.1 Å². The number of rotatable bonds is 3. The van der Waals surface area contributed by atoms with Gasteiger partial charge in [-0.25, -0.2) is 4.98 Å². The Labute approximate surface area is 119 Å². The van der Waals surface area contributed by atoms with Gasteiger partial charge < -0.3 is 9.88 Å². The van der Waals surface area contributed by atoms with Crippen LogP contribution in [0.2, 0.25) is 0 Å². The van der Waals surface area contributed by atoms with Crippen LogP contribution in [0.1, 0.15) is 48.8 Å². The molecule has 1 aliphatic rings. The number of nitrogens with zero attached hydrogens (tertiary/aromatic N) is 2. The van der Waals surface area contributed by atoms with Gasteiger partial charge in [-0.1, -0.05) is 13.3 Å². The van der Waals surface area contributed by atoms with Crippen LogP contribution in [-0.2, 0) is 13.0 Å². The predicted octanol–water partition coefficient (Wildman–Crippen LogP) is 2.90. The number of aryl methyl sites for hydroxylation is 2. The molecule has 1 amide bonds. The zero-order chi connectivity index (χ0) is 13.9. The molecule has 2 aromatic rings. The van der Waals surface area contributed by atoms with E-state index in [1.165, 1.54) is 25.1 Å². The van der Waals surface area contributed by atoms with Crippen molar-refractivity contribution in [1.82, 2.24) is 14.9 Å². The van der Waals surface area contributed by atoms with Crippen molar-refractivity contribution in [2.75, 3.05) is 6.54 Å². The summed E-state index contributed by atoms with van der Waals surface area (Å²) in [4.78, 5) is 16.7. The lowest BCUT2D eigenvalue weighted by atomic mass is 10.2. The molecule has 106 valence electrons. The Hall–Kier alpha value is -1.84. The third-order valence-electron chi connectivity index (χ3n) is 3.91. The first-order valence-electron chi connectivity index (χ1n) is 7.57. The molecule has 0 saturated carbocycles. The van der Waals surface area contributed by atoms with Gasteiger partial charge in [-0.15, -0.1) is 0 Å². The summed E-state index contributed by atoms with van der Waals surface area (Å²) >= 11 is 0. The molecule has 0 spiro atoms. The van der Waals surface area contributed by atoms with Gasteiger partial charge in [-0.05, 0) is 37.5 Å². The van der Waals surface area contributed by atoms with Crippen molar-refractivity contribution in [3.63, 3.8) is 0 Å². The molecule has 1 N–H and O–H groups in total. The van der Waals surface area contributed by atoms with E-state index in [1.54, 1.807) is 0 Å². The second-order valence-electron chi connectivity index (χ2n) is 5.45. The molecule has 0 aliphatic carbocycles. The number of fused-ring (bicyclic) bond motifs is 3. The molecule has 0 radical (unpaired) electrons. The molecular formula is C16H21N3O. The van der Waals surface area contributed by atoms with Crippen LogP contribution in [0.25, 0.3) is 11.0 Å². The maximum absolute atomic E-state index is 12.0. The summed E-state index contributed by atoms with van der Waals surface area (Å²) < 4.78 is 2.32. The Kier molecular flexibility index (Phi) is 3.72. The molecular weight excluding hydrogens is 250 g/mol. The highest BCUT2D eigenvalue weighted by molar-refractivity contribution is 5.97. The van der Waals surface area contributed by atoms with Crippen molar-refractivity contribution in [2.45, 2.75) is 45.6 Å². The maximum Gasteiger partial charge on any atom is 0.251 e. The van der Waals surface area contributed by atoms with Crippen molar-refractivity contribution >= 4 is 16.9 Å². The largest absolute Gasteiger partial charge is 0.352 e. The third-order valence-corrected chi connectivity index (χ3v) is 3.91. The van der Waals surface area contributed by atoms with E-state index in [0.717, 1.165) is 37.0 Å². The fourth-order valence-corrected chi connectivity index (χ4v) is 2.83. The normalized spacial score (nSPS) is 14.8. The van der Waals surface area contributed by atoms with E-state index < -0.39 is 0 Å². The van der Waals surface area contributed by atoms with E-state index in [9.17, 15) is 4.79 Å². The standard InChI is InChI=1S/C16H21N3O/c1-2-9-17-16(20)12-7-8-14-13(11-12)18-15-6-4-3-5-10-19(14)15/h7-8,11H,2-6,9-10H2,1H3,(H,17,20). The van der Waals surface area contributed by atoms with Crippen molar-refractivity contribution in [3.05, 3.63) is 29.6 Å². The predicted molar refractivity (Wildman–Crippen MR) is 79.9 cm³/mol. The first-order valence-corrected chi connectivity index (χ1v) is 7.57. The van der Waals surface area contributed by atoms with Crippen LogP contribution in [0, 0.1) is 0 Å². The van der Waals surface area contributed by atoms with E-state index in [-0.39, 0.29) is 5.91 Å². The van der Waals surface area contributed by atoms with Gasteiger partial charge in [0.05, 0.1) is 11.0 Å². The highest BCUT2D eigenvalue weighted by Crippen LogP contribution is 2.22. The summed E-state index contributed by atoms with van der Waals surface area (Å²) in [6.45, 7) is 3.82. The molecule has 3 rings (SSSR count). The number of hydrogen-bond donors (Lipinski definition) is 1. The summed E-state index contributed by atoms with van der Waals surface area (Å²) in [6.07, 6.45) is 5.71. The third kappa shape index (κ3) is 2.42. The molecule has 20 heavy (non-hydrogen) atoms. The number of imidazole rings is 1.